The van der Waals surface area contributed by atoms with Crippen molar-refractivity contribution in [2.75, 3.05) is 7.11 Å². The summed E-state index contributed by atoms with van der Waals surface area (Å²) in [5.41, 5.74) is 6.39. The van der Waals surface area contributed by atoms with E-state index in [1.54, 1.807) is 18.2 Å². The molecule has 1 aromatic carbocycles. The standard InChI is InChI=1S/C17H16N2O4S/c1-10-6-7-14(23-10)17-19-11(9-24-17)8-22-15-12(16(18)20)4-3-5-13(15)21-2/h3-7,9H,8H2,1-2H3,(H2,18,20). The topological polar surface area (TPSA) is 87.6 Å². The van der Waals surface area contributed by atoms with E-state index in [1.165, 1.54) is 18.4 Å². The Kier molecular flexibility index (Phi) is 4.52. The molecule has 6 nitrogen and oxygen atoms in total. The Balaban J connectivity index is 1.79. The van der Waals surface area contributed by atoms with Crippen LogP contribution in [0.4, 0.5) is 0 Å². The molecule has 7 heteroatoms. The average Bonchev–Trinajstić information content (AvgIpc) is 3.21. The Hall–Kier alpha value is -2.80. The molecule has 0 bridgehead atoms. The number of amides is 1. The van der Waals surface area contributed by atoms with Crippen molar-refractivity contribution in [3.63, 3.8) is 0 Å². The number of carbonyl (C=O) groups is 1. The Morgan fingerprint density at radius 3 is 2.83 bits per heavy atom. The first-order chi connectivity index (χ1) is 11.6. The van der Waals surface area contributed by atoms with Crippen LogP contribution >= 0.6 is 11.3 Å². The Morgan fingerprint density at radius 1 is 1.33 bits per heavy atom. The Labute approximate surface area is 142 Å². The van der Waals surface area contributed by atoms with Gasteiger partial charge in [0.15, 0.2) is 22.3 Å². The number of aryl methyl sites for hydroxylation is 1. The lowest BCUT2D eigenvalue weighted by Gasteiger charge is -2.12. The van der Waals surface area contributed by atoms with Crippen LogP contribution in [0.25, 0.3) is 10.8 Å². The van der Waals surface area contributed by atoms with Gasteiger partial charge in [-0.05, 0) is 31.2 Å². The summed E-state index contributed by atoms with van der Waals surface area (Å²) in [6, 6.07) is 8.76. The predicted molar refractivity (Wildman–Crippen MR) is 90.4 cm³/mol. The molecule has 0 radical (unpaired) electrons. The molecule has 2 N–H and O–H groups in total. The number of hydrogen-bond acceptors (Lipinski definition) is 6. The van der Waals surface area contributed by atoms with E-state index in [0.29, 0.717) is 11.5 Å². The van der Waals surface area contributed by atoms with Crippen molar-refractivity contribution in [3.05, 3.63) is 52.7 Å². The van der Waals surface area contributed by atoms with E-state index in [-0.39, 0.29) is 12.2 Å². The molecule has 0 fully saturated rings. The lowest BCUT2D eigenvalue weighted by atomic mass is 10.2. The van der Waals surface area contributed by atoms with Crippen LogP contribution in [-0.2, 0) is 6.61 Å². The summed E-state index contributed by atoms with van der Waals surface area (Å²) in [5.74, 6) is 1.74. The summed E-state index contributed by atoms with van der Waals surface area (Å²) in [5, 5.41) is 2.66. The van der Waals surface area contributed by atoms with Gasteiger partial charge in [0, 0.05) is 5.38 Å². The van der Waals surface area contributed by atoms with Crippen molar-refractivity contribution in [1.29, 1.82) is 0 Å². The van der Waals surface area contributed by atoms with Crippen LogP contribution in [0.3, 0.4) is 0 Å². The smallest absolute Gasteiger partial charge is 0.252 e. The number of hydrogen-bond donors (Lipinski definition) is 1. The van der Waals surface area contributed by atoms with Gasteiger partial charge in [0.2, 0.25) is 0 Å². The quantitative estimate of drug-likeness (QED) is 0.740. The van der Waals surface area contributed by atoms with Crippen LogP contribution in [-0.4, -0.2) is 18.0 Å². The maximum Gasteiger partial charge on any atom is 0.252 e. The van der Waals surface area contributed by atoms with E-state index in [4.69, 9.17) is 19.6 Å². The van der Waals surface area contributed by atoms with Crippen LogP contribution in [0.1, 0.15) is 21.8 Å². The maximum atomic E-state index is 11.6. The second kappa shape index (κ2) is 6.76. The number of nitrogens with zero attached hydrogens (tertiary/aromatic N) is 1. The highest BCUT2D eigenvalue weighted by atomic mass is 32.1. The molecule has 0 saturated heterocycles. The highest BCUT2D eigenvalue weighted by Crippen LogP contribution is 2.32. The summed E-state index contributed by atoms with van der Waals surface area (Å²) in [6.45, 7) is 2.07. The van der Waals surface area contributed by atoms with Gasteiger partial charge in [-0.3, -0.25) is 4.79 Å². The van der Waals surface area contributed by atoms with Crippen molar-refractivity contribution in [3.8, 4) is 22.3 Å². The number of carbonyl (C=O) groups excluding carboxylic acids is 1. The fraction of sp³-hybridized carbons (Fsp3) is 0.176. The first kappa shape index (κ1) is 16.1. The summed E-state index contributed by atoms with van der Waals surface area (Å²) >= 11 is 1.46. The van der Waals surface area contributed by atoms with Crippen LogP contribution < -0.4 is 15.2 Å². The first-order valence-electron chi connectivity index (χ1n) is 7.19. The maximum absolute atomic E-state index is 11.6. The van der Waals surface area contributed by atoms with Crippen molar-refractivity contribution in [2.24, 2.45) is 5.73 Å². The molecule has 3 rings (SSSR count). The van der Waals surface area contributed by atoms with Gasteiger partial charge >= 0.3 is 0 Å². The number of aromatic nitrogens is 1. The van der Waals surface area contributed by atoms with Gasteiger partial charge in [0.1, 0.15) is 12.4 Å². The fourth-order valence-electron chi connectivity index (χ4n) is 2.20. The molecule has 24 heavy (non-hydrogen) atoms. The molecule has 3 aromatic rings. The molecule has 0 atom stereocenters. The van der Waals surface area contributed by atoms with E-state index in [0.717, 1.165) is 22.2 Å². The van der Waals surface area contributed by atoms with Crippen LogP contribution in [0.15, 0.2) is 40.1 Å². The normalized spacial score (nSPS) is 10.6. The molecule has 0 aliphatic rings. The minimum atomic E-state index is -0.575. The SMILES string of the molecule is COc1cccc(C(N)=O)c1OCc1csc(-c2ccc(C)o2)n1. The molecule has 1 amide bonds. The molecule has 0 aliphatic heterocycles. The lowest BCUT2D eigenvalue weighted by molar-refractivity contribution is 0.0995. The van der Waals surface area contributed by atoms with Gasteiger partial charge in [-0.2, -0.15) is 0 Å². The van der Waals surface area contributed by atoms with E-state index < -0.39 is 5.91 Å². The second-order valence-electron chi connectivity index (χ2n) is 5.04. The molecule has 124 valence electrons. The number of nitrogens with two attached hydrogens (primary N) is 1. The average molecular weight is 344 g/mol. The number of benzene rings is 1. The van der Waals surface area contributed by atoms with Gasteiger partial charge < -0.3 is 19.6 Å². The van der Waals surface area contributed by atoms with Gasteiger partial charge in [0.25, 0.3) is 5.91 Å². The van der Waals surface area contributed by atoms with Gasteiger partial charge in [-0.1, -0.05) is 6.07 Å². The van der Waals surface area contributed by atoms with Crippen LogP contribution in [0.5, 0.6) is 11.5 Å². The first-order valence-corrected chi connectivity index (χ1v) is 8.07. The van der Waals surface area contributed by atoms with E-state index in [9.17, 15) is 4.79 Å². The van der Waals surface area contributed by atoms with Crippen molar-refractivity contribution in [1.82, 2.24) is 4.98 Å². The summed E-state index contributed by atoms with van der Waals surface area (Å²) in [7, 11) is 1.51. The summed E-state index contributed by atoms with van der Waals surface area (Å²) < 4.78 is 16.5. The summed E-state index contributed by atoms with van der Waals surface area (Å²) in [4.78, 5) is 16.0. The number of rotatable bonds is 6. The molecule has 0 saturated carbocycles. The second-order valence-corrected chi connectivity index (χ2v) is 5.90. The predicted octanol–water partition coefficient (Wildman–Crippen LogP) is 3.40. The minimum absolute atomic E-state index is 0.191. The zero-order valence-corrected chi connectivity index (χ0v) is 14.1. The fourth-order valence-corrected chi connectivity index (χ4v) is 2.97. The molecule has 0 aliphatic carbocycles. The largest absolute Gasteiger partial charge is 0.493 e. The van der Waals surface area contributed by atoms with Gasteiger partial charge in [-0.25, -0.2) is 4.98 Å². The highest BCUT2D eigenvalue weighted by Gasteiger charge is 2.16. The molecular weight excluding hydrogens is 328 g/mol. The zero-order chi connectivity index (χ0) is 17.1. The third-order valence-corrected chi connectivity index (χ3v) is 4.24. The monoisotopic (exact) mass is 344 g/mol. The number of primary amides is 1. The van der Waals surface area contributed by atoms with Crippen molar-refractivity contribution in [2.45, 2.75) is 13.5 Å². The van der Waals surface area contributed by atoms with E-state index >= 15 is 0 Å². The highest BCUT2D eigenvalue weighted by molar-refractivity contribution is 7.13. The number of methoxy groups -OCH3 is 1. The van der Waals surface area contributed by atoms with Gasteiger partial charge in [-0.15, -0.1) is 11.3 Å². The Bertz CT molecular complexity index is 869. The van der Waals surface area contributed by atoms with Gasteiger partial charge in [0.05, 0.1) is 18.4 Å². The summed E-state index contributed by atoms with van der Waals surface area (Å²) in [6.07, 6.45) is 0. The number of thiazole rings is 1. The van der Waals surface area contributed by atoms with Crippen molar-refractivity contribution < 1.29 is 18.7 Å². The minimum Gasteiger partial charge on any atom is -0.493 e. The molecule has 0 spiro atoms. The number of para-hydroxylation sites is 1. The molecule has 2 aromatic heterocycles. The van der Waals surface area contributed by atoms with Crippen LogP contribution in [0.2, 0.25) is 0 Å². The molecule has 0 unspecified atom stereocenters. The van der Waals surface area contributed by atoms with Crippen LogP contribution in [0, 0.1) is 6.92 Å². The zero-order valence-electron chi connectivity index (χ0n) is 13.2. The van der Waals surface area contributed by atoms with E-state index in [1.807, 2.05) is 24.4 Å². The lowest BCUT2D eigenvalue weighted by Crippen LogP contribution is -2.13. The number of furan rings is 1. The third-order valence-electron chi connectivity index (χ3n) is 3.33. The number of ether oxygens (including phenoxy) is 2. The molecular formula is C17H16N2O4S. The van der Waals surface area contributed by atoms with Crippen molar-refractivity contribution >= 4 is 17.2 Å². The molecule has 2 heterocycles. The van der Waals surface area contributed by atoms with E-state index in [2.05, 4.69) is 4.98 Å². The Morgan fingerprint density at radius 2 is 2.17 bits per heavy atom. The third kappa shape index (κ3) is 3.26.